The van der Waals surface area contributed by atoms with Crippen LogP contribution in [0.1, 0.15) is 45.4 Å². The Labute approximate surface area is 167 Å². The van der Waals surface area contributed by atoms with Crippen molar-refractivity contribution < 1.29 is 4.39 Å². The lowest BCUT2D eigenvalue weighted by atomic mass is 9.51. The molecule has 2 fully saturated rings. The van der Waals surface area contributed by atoms with E-state index in [1.807, 2.05) is 42.5 Å². The number of allylic oxidation sites excluding steroid dienone is 5. The van der Waals surface area contributed by atoms with E-state index in [0.717, 1.165) is 34.9 Å². The maximum atomic E-state index is 15.4. The fourth-order valence-corrected chi connectivity index (χ4v) is 6.60. The lowest BCUT2D eigenvalue weighted by molar-refractivity contribution is 0.0534. The van der Waals surface area contributed by atoms with Gasteiger partial charge < -0.3 is 5.73 Å². The first-order chi connectivity index (χ1) is 13.6. The first kappa shape index (κ1) is 17.9. The first-order valence-electron chi connectivity index (χ1n) is 10.7. The molecule has 5 atom stereocenters. The molecule has 2 nitrogen and oxygen atoms in total. The standard InChI is InChI=1S/C25H29FN2/c1-25-14-17(15-27)24(28-18-7-3-2-4-8-18)13-22(25)23(26)12-20-19-9-5-6-16(19)10-11-21(20)25/h2-4,7-8,12-13,15-16,19-21H,5-6,9-11,14,27H2,1H3. The predicted octanol–water partition coefficient (Wildman–Crippen LogP) is 6.25. The SMILES string of the molecule is CC12CC(=CN)C(=Nc3ccccc3)C=C1C(F)=CC1C3CCCC3CCC12. The normalized spacial score (nSPS) is 39.8. The van der Waals surface area contributed by atoms with E-state index in [1.54, 1.807) is 6.20 Å². The molecule has 146 valence electrons. The van der Waals surface area contributed by atoms with Gasteiger partial charge in [-0.05, 0) is 91.0 Å². The van der Waals surface area contributed by atoms with Crippen LogP contribution in [0.15, 0.2) is 70.6 Å². The molecule has 0 heterocycles. The summed E-state index contributed by atoms with van der Waals surface area (Å²) in [7, 11) is 0. The van der Waals surface area contributed by atoms with Gasteiger partial charge in [0, 0.05) is 5.41 Å². The molecule has 1 aromatic rings. The van der Waals surface area contributed by atoms with Crippen molar-refractivity contribution in [3.05, 3.63) is 65.7 Å². The van der Waals surface area contributed by atoms with Crippen LogP contribution >= 0.6 is 0 Å². The molecule has 28 heavy (non-hydrogen) atoms. The summed E-state index contributed by atoms with van der Waals surface area (Å²) in [5.41, 5.74) is 9.41. The minimum absolute atomic E-state index is 0.0202. The molecule has 4 aliphatic rings. The van der Waals surface area contributed by atoms with E-state index in [-0.39, 0.29) is 11.2 Å². The zero-order valence-corrected chi connectivity index (χ0v) is 16.6. The average molecular weight is 377 g/mol. The molecule has 0 spiro atoms. The number of aliphatic imine (C=N–C) groups is 1. The quantitative estimate of drug-likeness (QED) is 0.618. The zero-order chi connectivity index (χ0) is 19.3. The summed E-state index contributed by atoms with van der Waals surface area (Å²) in [6.07, 6.45) is 12.8. The number of nitrogens with zero attached hydrogens (tertiary/aromatic N) is 1. The molecule has 0 aromatic heterocycles. The Hall–Kier alpha value is -2.16. The highest BCUT2D eigenvalue weighted by atomic mass is 19.1. The van der Waals surface area contributed by atoms with E-state index in [1.165, 1.54) is 32.1 Å². The molecule has 0 amide bonds. The maximum Gasteiger partial charge on any atom is 0.123 e. The van der Waals surface area contributed by atoms with Crippen LogP contribution in [0.25, 0.3) is 0 Å². The summed E-state index contributed by atoms with van der Waals surface area (Å²) in [5.74, 6) is 2.35. The van der Waals surface area contributed by atoms with Gasteiger partial charge >= 0.3 is 0 Å². The second kappa shape index (κ2) is 6.72. The minimum Gasteiger partial charge on any atom is -0.404 e. The monoisotopic (exact) mass is 376 g/mol. The molecular formula is C25H29FN2. The number of nitrogens with two attached hydrogens (primary N) is 1. The number of fused-ring (bicyclic) bond motifs is 5. The van der Waals surface area contributed by atoms with Crippen molar-refractivity contribution in [1.29, 1.82) is 0 Å². The number of benzene rings is 1. The van der Waals surface area contributed by atoms with Crippen LogP contribution in [0.2, 0.25) is 0 Å². The Morgan fingerprint density at radius 3 is 2.75 bits per heavy atom. The number of hydrogen-bond donors (Lipinski definition) is 1. The highest BCUT2D eigenvalue weighted by Gasteiger charge is 2.53. The molecule has 0 aliphatic heterocycles. The number of halogens is 1. The first-order valence-corrected chi connectivity index (χ1v) is 10.7. The van der Waals surface area contributed by atoms with Crippen LogP contribution in [0.4, 0.5) is 10.1 Å². The van der Waals surface area contributed by atoms with Crippen molar-refractivity contribution in [2.75, 3.05) is 0 Å². The predicted molar refractivity (Wildman–Crippen MR) is 113 cm³/mol. The Morgan fingerprint density at radius 2 is 1.96 bits per heavy atom. The number of rotatable bonds is 1. The summed E-state index contributed by atoms with van der Waals surface area (Å²) in [6.45, 7) is 2.27. The van der Waals surface area contributed by atoms with Gasteiger partial charge in [0.1, 0.15) is 5.83 Å². The van der Waals surface area contributed by atoms with Crippen molar-refractivity contribution in [3.8, 4) is 0 Å². The molecular weight excluding hydrogens is 347 g/mol. The highest BCUT2D eigenvalue weighted by Crippen LogP contribution is 2.61. The van der Waals surface area contributed by atoms with Crippen LogP contribution in [0, 0.1) is 29.1 Å². The van der Waals surface area contributed by atoms with Gasteiger partial charge in [0.15, 0.2) is 0 Å². The minimum atomic E-state index is -0.183. The van der Waals surface area contributed by atoms with E-state index in [9.17, 15) is 0 Å². The molecule has 3 heteroatoms. The van der Waals surface area contributed by atoms with Gasteiger partial charge in [-0.15, -0.1) is 0 Å². The Kier molecular flexibility index (Phi) is 4.30. The van der Waals surface area contributed by atoms with Crippen molar-refractivity contribution in [2.24, 2.45) is 39.8 Å². The molecule has 5 unspecified atom stereocenters. The summed E-state index contributed by atoms with van der Waals surface area (Å²) >= 11 is 0. The van der Waals surface area contributed by atoms with E-state index in [0.29, 0.717) is 17.8 Å². The largest absolute Gasteiger partial charge is 0.404 e. The lowest BCUT2D eigenvalue weighted by Crippen LogP contribution is -2.46. The average Bonchev–Trinajstić information content (AvgIpc) is 3.19. The Bertz CT molecular complexity index is 894. The van der Waals surface area contributed by atoms with Gasteiger partial charge in [-0.25, -0.2) is 9.38 Å². The van der Waals surface area contributed by atoms with Crippen LogP contribution in [-0.4, -0.2) is 5.71 Å². The summed E-state index contributed by atoms with van der Waals surface area (Å²) < 4.78 is 15.4. The zero-order valence-electron chi connectivity index (χ0n) is 16.6. The van der Waals surface area contributed by atoms with Crippen molar-refractivity contribution in [3.63, 3.8) is 0 Å². The smallest absolute Gasteiger partial charge is 0.123 e. The van der Waals surface area contributed by atoms with Crippen molar-refractivity contribution in [2.45, 2.75) is 45.4 Å². The van der Waals surface area contributed by atoms with Crippen molar-refractivity contribution in [1.82, 2.24) is 0 Å². The van der Waals surface area contributed by atoms with E-state index in [2.05, 4.69) is 6.92 Å². The van der Waals surface area contributed by atoms with Gasteiger partial charge in [-0.2, -0.15) is 0 Å². The second-order valence-corrected chi connectivity index (χ2v) is 9.31. The Balaban J connectivity index is 1.60. The fourth-order valence-electron chi connectivity index (χ4n) is 6.60. The molecule has 1 aromatic carbocycles. The van der Waals surface area contributed by atoms with E-state index >= 15 is 4.39 Å². The van der Waals surface area contributed by atoms with Crippen LogP contribution in [-0.2, 0) is 0 Å². The number of hydrogen-bond acceptors (Lipinski definition) is 2. The van der Waals surface area contributed by atoms with Gasteiger partial charge in [-0.1, -0.05) is 38.0 Å². The lowest BCUT2D eigenvalue weighted by Gasteiger charge is -2.53. The third-order valence-electron chi connectivity index (χ3n) is 7.93. The van der Waals surface area contributed by atoms with Gasteiger partial charge in [0.2, 0.25) is 0 Å². The van der Waals surface area contributed by atoms with Gasteiger partial charge in [0.25, 0.3) is 0 Å². The van der Waals surface area contributed by atoms with Crippen molar-refractivity contribution >= 4 is 11.4 Å². The summed E-state index contributed by atoms with van der Waals surface area (Å²) in [6, 6.07) is 9.85. The maximum absolute atomic E-state index is 15.4. The Morgan fingerprint density at radius 1 is 1.14 bits per heavy atom. The summed E-state index contributed by atoms with van der Waals surface area (Å²) in [5, 5.41) is 0. The molecule has 5 rings (SSSR count). The molecule has 2 saturated carbocycles. The van der Waals surface area contributed by atoms with Gasteiger partial charge in [0.05, 0.1) is 11.4 Å². The van der Waals surface area contributed by atoms with Crippen LogP contribution < -0.4 is 5.73 Å². The third kappa shape index (κ3) is 2.70. The third-order valence-corrected chi connectivity index (χ3v) is 7.93. The van der Waals surface area contributed by atoms with Crippen LogP contribution in [0.5, 0.6) is 0 Å². The molecule has 0 bridgehead atoms. The molecule has 4 aliphatic carbocycles. The highest BCUT2D eigenvalue weighted by molar-refractivity contribution is 6.11. The molecule has 0 saturated heterocycles. The molecule has 2 N–H and O–H groups in total. The second-order valence-electron chi connectivity index (χ2n) is 9.31. The van der Waals surface area contributed by atoms with Gasteiger partial charge in [-0.3, -0.25) is 0 Å². The fraction of sp³-hybridized carbons (Fsp3) is 0.480. The van der Waals surface area contributed by atoms with E-state index in [4.69, 9.17) is 10.7 Å². The van der Waals surface area contributed by atoms with Crippen LogP contribution in [0.3, 0.4) is 0 Å². The van der Waals surface area contributed by atoms with E-state index < -0.39 is 0 Å². The molecule has 0 radical (unpaired) electrons. The number of para-hydroxylation sites is 1. The topological polar surface area (TPSA) is 38.4 Å². The summed E-state index contributed by atoms with van der Waals surface area (Å²) in [4.78, 5) is 4.78.